The first-order valence-electron chi connectivity index (χ1n) is 8.59. The van der Waals surface area contributed by atoms with Crippen molar-refractivity contribution in [3.63, 3.8) is 0 Å². The van der Waals surface area contributed by atoms with Crippen LogP contribution in [-0.4, -0.2) is 22.7 Å². The Morgan fingerprint density at radius 1 is 0.917 bits per heavy atom. The topological polar surface area (TPSA) is 23.5 Å². The number of aliphatic hydroxyl groups is 1. The number of hydrogen-bond acceptors (Lipinski definition) is 2. The number of hydrogen-bond donors (Lipinski definition) is 1. The van der Waals surface area contributed by atoms with Gasteiger partial charge in [0.05, 0.1) is 0 Å². The fourth-order valence-electron chi connectivity index (χ4n) is 4.33. The molecule has 0 unspecified atom stereocenters. The average Bonchev–Trinajstić information content (AvgIpc) is 2.56. The first-order valence-corrected chi connectivity index (χ1v) is 8.59. The highest BCUT2D eigenvalue weighted by atomic mass is 19.1. The minimum Gasteiger partial charge on any atom is -0.396 e. The van der Waals surface area contributed by atoms with Crippen molar-refractivity contribution in [3.8, 4) is 0 Å². The Morgan fingerprint density at radius 3 is 2.04 bits per heavy atom. The van der Waals surface area contributed by atoms with Crippen molar-refractivity contribution in [2.45, 2.75) is 44.3 Å². The number of benzene rings is 2. The highest BCUT2D eigenvalue weighted by Crippen LogP contribution is 2.45. The van der Waals surface area contributed by atoms with Crippen LogP contribution in [0, 0.1) is 11.6 Å². The van der Waals surface area contributed by atoms with Gasteiger partial charge in [-0.25, -0.2) is 8.78 Å². The van der Waals surface area contributed by atoms with Gasteiger partial charge >= 0.3 is 0 Å². The zero-order chi connectivity index (χ0) is 16.7. The molecule has 4 rings (SSSR count). The molecule has 2 bridgehead atoms. The summed E-state index contributed by atoms with van der Waals surface area (Å²) in [5, 5.41) is 9.07. The smallest absolute Gasteiger partial charge is 0.123 e. The highest BCUT2D eigenvalue weighted by molar-refractivity contribution is 5.47. The van der Waals surface area contributed by atoms with E-state index in [9.17, 15) is 8.78 Å². The van der Waals surface area contributed by atoms with Crippen molar-refractivity contribution in [1.82, 2.24) is 4.90 Å². The molecule has 0 saturated carbocycles. The van der Waals surface area contributed by atoms with Crippen LogP contribution >= 0.6 is 0 Å². The molecule has 0 fully saturated rings. The molecule has 0 radical (unpaired) electrons. The van der Waals surface area contributed by atoms with Gasteiger partial charge in [-0.15, -0.1) is 0 Å². The molecule has 24 heavy (non-hydrogen) atoms. The quantitative estimate of drug-likeness (QED) is 0.859. The van der Waals surface area contributed by atoms with E-state index in [1.54, 1.807) is 12.1 Å². The summed E-state index contributed by atoms with van der Waals surface area (Å²) in [5.74, 6) is -0.470. The molecule has 2 heterocycles. The Balaban J connectivity index is 1.81. The van der Waals surface area contributed by atoms with Crippen LogP contribution in [0.2, 0.25) is 0 Å². The molecule has 0 aliphatic carbocycles. The molecule has 126 valence electrons. The maximum absolute atomic E-state index is 13.9. The number of rotatable bonds is 4. The second-order valence-corrected chi connectivity index (χ2v) is 6.86. The van der Waals surface area contributed by atoms with Gasteiger partial charge in [-0.2, -0.15) is 0 Å². The van der Waals surface area contributed by atoms with Gasteiger partial charge < -0.3 is 5.11 Å². The largest absolute Gasteiger partial charge is 0.396 e. The Labute approximate surface area is 140 Å². The van der Waals surface area contributed by atoms with E-state index in [1.165, 1.54) is 12.1 Å². The second-order valence-electron chi connectivity index (χ2n) is 6.86. The first kappa shape index (κ1) is 15.7. The maximum Gasteiger partial charge on any atom is 0.123 e. The van der Waals surface area contributed by atoms with Gasteiger partial charge in [0.1, 0.15) is 11.6 Å². The minimum atomic E-state index is -0.236. The van der Waals surface area contributed by atoms with E-state index < -0.39 is 0 Å². The Morgan fingerprint density at radius 2 is 1.50 bits per heavy atom. The van der Waals surface area contributed by atoms with Gasteiger partial charge in [0, 0.05) is 31.7 Å². The fourth-order valence-corrected chi connectivity index (χ4v) is 4.33. The molecule has 4 heteroatoms. The van der Waals surface area contributed by atoms with Crippen molar-refractivity contribution in [2.75, 3.05) is 6.61 Å². The predicted octanol–water partition coefficient (Wildman–Crippen LogP) is 3.96. The molecule has 0 aromatic heterocycles. The summed E-state index contributed by atoms with van der Waals surface area (Å²) in [6, 6.07) is 10.2. The van der Waals surface area contributed by atoms with Gasteiger partial charge in [0.2, 0.25) is 0 Å². The SMILES string of the molecule is OCCCC[C@H]1C2c3cc(F)ccc3CN1Cc1ccc(F)cc12. The Bertz CT molecular complexity index is 706. The summed E-state index contributed by atoms with van der Waals surface area (Å²) < 4.78 is 27.8. The average molecular weight is 329 g/mol. The van der Waals surface area contributed by atoms with Gasteiger partial charge in [0.15, 0.2) is 0 Å². The third-order valence-electron chi connectivity index (χ3n) is 5.39. The monoisotopic (exact) mass is 329 g/mol. The number of aliphatic hydroxyl groups excluding tert-OH is 1. The van der Waals surface area contributed by atoms with Gasteiger partial charge in [-0.1, -0.05) is 12.1 Å². The molecule has 2 aromatic rings. The van der Waals surface area contributed by atoms with Crippen LogP contribution < -0.4 is 0 Å². The number of halogens is 2. The van der Waals surface area contributed by atoms with E-state index in [-0.39, 0.29) is 30.2 Å². The summed E-state index contributed by atoms with van der Waals surface area (Å²) in [6.07, 6.45) is 2.61. The predicted molar refractivity (Wildman–Crippen MR) is 88.6 cm³/mol. The van der Waals surface area contributed by atoms with E-state index in [0.717, 1.165) is 54.6 Å². The van der Waals surface area contributed by atoms with Crippen LogP contribution in [0.15, 0.2) is 36.4 Å². The zero-order valence-corrected chi connectivity index (χ0v) is 13.5. The van der Waals surface area contributed by atoms with E-state index >= 15 is 0 Å². The first-order chi connectivity index (χ1) is 11.7. The maximum atomic E-state index is 13.9. The molecular formula is C20H21F2NO. The van der Waals surface area contributed by atoms with Crippen molar-refractivity contribution in [1.29, 1.82) is 0 Å². The molecular weight excluding hydrogens is 308 g/mol. The van der Waals surface area contributed by atoms with Crippen LogP contribution in [-0.2, 0) is 13.1 Å². The van der Waals surface area contributed by atoms with Crippen LogP contribution in [0.5, 0.6) is 0 Å². The summed E-state index contributed by atoms with van der Waals surface area (Å²) in [4.78, 5) is 2.42. The van der Waals surface area contributed by atoms with Crippen LogP contribution in [0.3, 0.4) is 0 Å². The lowest BCUT2D eigenvalue weighted by molar-refractivity contribution is 0.119. The summed E-state index contributed by atoms with van der Waals surface area (Å²) in [5.41, 5.74) is 4.25. The highest BCUT2D eigenvalue weighted by Gasteiger charge is 2.40. The van der Waals surface area contributed by atoms with Gasteiger partial charge in [-0.3, -0.25) is 4.90 Å². The molecule has 2 aliphatic heterocycles. The van der Waals surface area contributed by atoms with E-state index in [2.05, 4.69) is 4.90 Å². The zero-order valence-electron chi connectivity index (χ0n) is 13.5. The molecule has 1 N–H and O–H groups in total. The van der Waals surface area contributed by atoms with Crippen molar-refractivity contribution in [3.05, 3.63) is 70.3 Å². The summed E-state index contributed by atoms with van der Waals surface area (Å²) in [7, 11) is 0. The van der Waals surface area contributed by atoms with Crippen molar-refractivity contribution in [2.24, 2.45) is 0 Å². The van der Waals surface area contributed by atoms with Crippen molar-refractivity contribution < 1.29 is 13.9 Å². The third-order valence-corrected chi connectivity index (χ3v) is 5.39. The fraction of sp³-hybridized carbons (Fsp3) is 0.400. The second kappa shape index (κ2) is 6.26. The lowest BCUT2D eigenvalue weighted by atomic mass is 9.73. The standard InChI is InChI=1S/C20H21F2NO/c21-15-6-4-13-11-23-12-14-5-7-16(22)10-18(14)20(17(13)9-15)19(23)3-1-2-8-24/h4-7,9-10,19-20,24H,1-3,8,11-12H2/t19-/m0/s1. The third kappa shape index (κ3) is 2.64. The Kier molecular flexibility index (Phi) is 4.10. The van der Waals surface area contributed by atoms with Crippen LogP contribution in [0.4, 0.5) is 8.78 Å². The minimum absolute atomic E-state index is 0.00240. The van der Waals surface area contributed by atoms with Crippen LogP contribution in [0.1, 0.15) is 47.4 Å². The van der Waals surface area contributed by atoms with Gasteiger partial charge in [0.25, 0.3) is 0 Å². The molecule has 2 aliphatic rings. The summed E-state index contributed by atoms with van der Waals surface area (Å²) in [6.45, 7) is 1.78. The normalized spacial score (nSPS) is 24.4. The number of unbranched alkanes of at least 4 members (excludes halogenated alkanes) is 1. The molecule has 2 aromatic carbocycles. The van der Waals surface area contributed by atoms with Crippen molar-refractivity contribution >= 4 is 0 Å². The summed E-state index contributed by atoms with van der Waals surface area (Å²) >= 11 is 0. The Hall–Kier alpha value is -1.78. The lowest BCUT2D eigenvalue weighted by Gasteiger charge is -2.47. The molecule has 1 atom stereocenters. The molecule has 2 nitrogen and oxygen atoms in total. The van der Waals surface area contributed by atoms with E-state index in [4.69, 9.17) is 5.11 Å². The van der Waals surface area contributed by atoms with Crippen LogP contribution in [0.25, 0.3) is 0 Å². The lowest BCUT2D eigenvalue weighted by Crippen LogP contribution is -2.47. The molecule has 0 spiro atoms. The number of nitrogens with zero attached hydrogens (tertiary/aromatic N) is 1. The molecule has 0 saturated heterocycles. The van der Waals surface area contributed by atoms with E-state index in [1.807, 2.05) is 12.1 Å². The van der Waals surface area contributed by atoms with E-state index in [0.29, 0.717) is 0 Å². The van der Waals surface area contributed by atoms with Gasteiger partial charge in [-0.05, 0) is 65.8 Å². The number of fused-ring (bicyclic) bond motifs is 6. The molecule has 0 amide bonds.